The summed E-state index contributed by atoms with van der Waals surface area (Å²) in [6.45, 7) is 3.99. The quantitative estimate of drug-likeness (QED) is 0.710. The van der Waals surface area contributed by atoms with E-state index in [1.54, 1.807) is 12.3 Å². The van der Waals surface area contributed by atoms with Gasteiger partial charge in [-0.3, -0.25) is 4.79 Å². The molecule has 6 heteroatoms. The highest BCUT2D eigenvalue weighted by atomic mass is 16.5. The first-order chi connectivity index (χ1) is 12.2. The number of hydrogen-bond acceptors (Lipinski definition) is 5. The van der Waals surface area contributed by atoms with E-state index in [9.17, 15) is 4.79 Å². The van der Waals surface area contributed by atoms with Crippen molar-refractivity contribution in [2.24, 2.45) is 0 Å². The summed E-state index contributed by atoms with van der Waals surface area (Å²) in [4.78, 5) is 16.4. The maximum atomic E-state index is 12.0. The smallest absolute Gasteiger partial charge is 0.227 e. The average molecular weight is 339 g/mol. The predicted octanol–water partition coefficient (Wildman–Crippen LogP) is 3.70. The molecule has 1 N–H and O–H groups in total. The Kier molecular flexibility index (Phi) is 5.28. The van der Waals surface area contributed by atoms with Gasteiger partial charge in [-0.25, -0.2) is 0 Å². The zero-order chi connectivity index (χ0) is 17.6. The van der Waals surface area contributed by atoms with Crippen molar-refractivity contribution < 1.29 is 13.7 Å². The maximum Gasteiger partial charge on any atom is 0.227 e. The lowest BCUT2D eigenvalue weighted by Crippen LogP contribution is -2.26. The SMILES string of the molecule is CCc1ccc(-c2noc(CCC(=O)N[C@@H](C)c3ccco3)n2)cc1. The van der Waals surface area contributed by atoms with Crippen LogP contribution in [0, 0.1) is 0 Å². The monoisotopic (exact) mass is 339 g/mol. The number of nitrogens with one attached hydrogen (secondary N) is 1. The molecule has 2 aromatic heterocycles. The molecule has 0 radical (unpaired) electrons. The number of carbonyl (C=O) groups excluding carboxylic acids is 1. The second kappa shape index (κ2) is 7.79. The molecule has 0 aliphatic heterocycles. The molecule has 2 heterocycles. The second-order valence-corrected chi connectivity index (χ2v) is 5.87. The van der Waals surface area contributed by atoms with Gasteiger partial charge in [0.05, 0.1) is 12.3 Å². The maximum absolute atomic E-state index is 12.0. The number of benzene rings is 1. The lowest BCUT2D eigenvalue weighted by molar-refractivity contribution is -0.121. The third kappa shape index (κ3) is 4.35. The van der Waals surface area contributed by atoms with Crippen LogP contribution >= 0.6 is 0 Å². The largest absolute Gasteiger partial charge is 0.467 e. The lowest BCUT2D eigenvalue weighted by Gasteiger charge is -2.10. The van der Waals surface area contributed by atoms with Crippen LogP contribution in [-0.4, -0.2) is 16.0 Å². The summed E-state index contributed by atoms with van der Waals surface area (Å²) in [7, 11) is 0. The number of hydrogen-bond donors (Lipinski definition) is 1. The predicted molar refractivity (Wildman–Crippen MR) is 92.7 cm³/mol. The summed E-state index contributed by atoms with van der Waals surface area (Å²) >= 11 is 0. The van der Waals surface area contributed by atoms with Crippen LogP contribution in [0.5, 0.6) is 0 Å². The molecule has 25 heavy (non-hydrogen) atoms. The van der Waals surface area contributed by atoms with Gasteiger partial charge in [0, 0.05) is 18.4 Å². The second-order valence-electron chi connectivity index (χ2n) is 5.87. The molecule has 130 valence electrons. The first-order valence-electron chi connectivity index (χ1n) is 8.40. The van der Waals surface area contributed by atoms with E-state index < -0.39 is 0 Å². The minimum atomic E-state index is -0.169. The molecule has 0 saturated heterocycles. The molecule has 1 atom stereocenters. The van der Waals surface area contributed by atoms with Crippen molar-refractivity contribution in [3.05, 3.63) is 59.9 Å². The molecule has 6 nitrogen and oxygen atoms in total. The van der Waals surface area contributed by atoms with Crippen molar-refractivity contribution in [1.82, 2.24) is 15.5 Å². The molecule has 1 aromatic carbocycles. The Balaban J connectivity index is 1.53. The number of furan rings is 1. The van der Waals surface area contributed by atoms with Gasteiger partial charge in [0.15, 0.2) is 0 Å². The van der Waals surface area contributed by atoms with Crippen LogP contribution in [0.15, 0.2) is 51.6 Å². The van der Waals surface area contributed by atoms with E-state index in [2.05, 4.69) is 34.5 Å². The first-order valence-corrected chi connectivity index (χ1v) is 8.40. The lowest BCUT2D eigenvalue weighted by atomic mass is 10.1. The topological polar surface area (TPSA) is 81.2 Å². The number of nitrogens with zero attached hydrogens (tertiary/aromatic N) is 2. The minimum Gasteiger partial charge on any atom is -0.467 e. The third-order valence-electron chi connectivity index (χ3n) is 4.00. The van der Waals surface area contributed by atoms with Gasteiger partial charge in [0.25, 0.3) is 0 Å². The van der Waals surface area contributed by atoms with Crippen LogP contribution in [0.25, 0.3) is 11.4 Å². The Hall–Kier alpha value is -2.89. The highest BCUT2D eigenvalue weighted by Gasteiger charge is 2.14. The van der Waals surface area contributed by atoms with Crippen LogP contribution in [0.1, 0.15) is 43.5 Å². The molecular weight excluding hydrogens is 318 g/mol. The summed E-state index contributed by atoms with van der Waals surface area (Å²) in [5, 5.41) is 6.87. The van der Waals surface area contributed by atoms with Gasteiger partial charge in [0.1, 0.15) is 5.76 Å². The summed E-state index contributed by atoms with van der Waals surface area (Å²) in [5.41, 5.74) is 2.16. The van der Waals surface area contributed by atoms with Gasteiger partial charge < -0.3 is 14.3 Å². The zero-order valence-corrected chi connectivity index (χ0v) is 14.4. The molecule has 3 aromatic rings. The zero-order valence-electron chi connectivity index (χ0n) is 14.4. The van der Waals surface area contributed by atoms with Gasteiger partial charge in [-0.2, -0.15) is 4.98 Å². The molecule has 0 aliphatic rings. The van der Waals surface area contributed by atoms with Crippen molar-refractivity contribution in [3.8, 4) is 11.4 Å². The standard InChI is InChI=1S/C19H21N3O3/c1-3-14-6-8-15(9-7-14)19-21-18(25-22-19)11-10-17(23)20-13(2)16-5-4-12-24-16/h4-9,12-13H,3,10-11H2,1-2H3,(H,20,23)/t13-/m0/s1. The van der Waals surface area contributed by atoms with Crippen LogP contribution in [0.4, 0.5) is 0 Å². The van der Waals surface area contributed by atoms with E-state index in [1.165, 1.54) is 5.56 Å². The molecular formula is C19H21N3O3. The molecule has 3 rings (SSSR count). The Labute approximate surface area is 146 Å². The average Bonchev–Trinajstić information content (AvgIpc) is 3.32. The molecule has 0 unspecified atom stereocenters. The van der Waals surface area contributed by atoms with Gasteiger partial charge in [-0.05, 0) is 31.0 Å². The van der Waals surface area contributed by atoms with Gasteiger partial charge in [-0.15, -0.1) is 0 Å². The summed E-state index contributed by atoms with van der Waals surface area (Å²) in [6, 6.07) is 11.5. The van der Waals surface area contributed by atoms with Crippen LogP contribution in [-0.2, 0) is 17.6 Å². The molecule has 0 bridgehead atoms. The molecule has 0 fully saturated rings. The summed E-state index contributed by atoms with van der Waals surface area (Å²) in [5.74, 6) is 1.64. The van der Waals surface area contributed by atoms with E-state index in [4.69, 9.17) is 8.94 Å². The normalized spacial score (nSPS) is 12.1. The van der Waals surface area contributed by atoms with E-state index in [0.717, 1.165) is 17.7 Å². The van der Waals surface area contributed by atoms with Gasteiger partial charge in [-0.1, -0.05) is 36.3 Å². The van der Waals surface area contributed by atoms with Crippen LogP contribution < -0.4 is 5.32 Å². The Bertz CT molecular complexity index is 807. The van der Waals surface area contributed by atoms with Crippen molar-refractivity contribution in [1.29, 1.82) is 0 Å². The fraction of sp³-hybridized carbons (Fsp3) is 0.316. The molecule has 0 aliphatic carbocycles. The van der Waals surface area contributed by atoms with E-state index >= 15 is 0 Å². The van der Waals surface area contributed by atoms with Crippen molar-refractivity contribution in [2.75, 3.05) is 0 Å². The number of rotatable bonds is 7. The molecule has 0 spiro atoms. The number of amides is 1. The van der Waals surface area contributed by atoms with Crippen molar-refractivity contribution in [3.63, 3.8) is 0 Å². The van der Waals surface area contributed by atoms with E-state index in [1.807, 2.05) is 25.1 Å². The highest BCUT2D eigenvalue weighted by Crippen LogP contribution is 2.17. The van der Waals surface area contributed by atoms with E-state index in [-0.39, 0.29) is 18.4 Å². The number of carbonyl (C=O) groups is 1. The minimum absolute atomic E-state index is 0.0871. The first kappa shape index (κ1) is 17.0. The summed E-state index contributed by atoms with van der Waals surface area (Å²) < 4.78 is 10.5. The van der Waals surface area contributed by atoms with Gasteiger partial charge in [0.2, 0.25) is 17.6 Å². The molecule has 0 saturated carbocycles. The van der Waals surface area contributed by atoms with Crippen molar-refractivity contribution >= 4 is 5.91 Å². The Morgan fingerprint density at radius 3 is 2.72 bits per heavy atom. The summed E-state index contributed by atoms with van der Waals surface area (Å²) in [6.07, 6.45) is 3.26. The fourth-order valence-electron chi connectivity index (χ4n) is 2.51. The van der Waals surface area contributed by atoms with E-state index in [0.29, 0.717) is 18.1 Å². The van der Waals surface area contributed by atoms with Crippen molar-refractivity contribution in [2.45, 2.75) is 39.2 Å². The Morgan fingerprint density at radius 2 is 2.04 bits per heavy atom. The fourth-order valence-corrected chi connectivity index (χ4v) is 2.51. The third-order valence-corrected chi connectivity index (χ3v) is 4.00. The highest BCUT2D eigenvalue weighted by molar-refractivity contribution is 5.76. The molecule has 1 amide bonds. The van der Waals surface area contributed by atoms with Crippen LogP contribution in [0.3, 0.4) is 0 Å². The number of aromatic nitrogens is 2. The van der Waals surface area contributed by atoms with Crippen LogP contribution in [0.2, 0.25) is 0 Å². The number of aryl methyl sites for hydroxylation is 2. The Morgan fingerprint density at radius 1 is 1.24 bits per heavy atom. The van der Waals surface area contributed by atoms with Gasteiger partial charge >= 0.3 is 0 Å².